The number of ether oxygens (including phenoxy) is 1. The number of benzene rings is 2. The molecule has 2 rings (SSSR count). The monoisotopic (exact) mass is 387 g/mol. The lowest BCUT2D eigenvalue weighted by atomic mass is 9.99. The van der Waals surface area contributed by atoms with E-state index in [0.29, 0.717) is 5.02 Å². The molecule has 19 heavy (non-hydrogen) atoms. The largest absolute Gasteiger partial charge is 0.497 e. The highest BCUT2D eigenvalue weighted by Crippen LogP contribution is 2.31. The zero-order chi connectivity index (χ0) is 13.8. The summed E-state index contributed by atoms with van der Waals surface area (Å²) in [5.41, 5.74) is 2.24. The predicted octanol–water partition coefficient (Wildman–Crippen LogP) is 4.26. The summed E-state index contributed by atoms with van der Waals surface area (Å²) >= 11 is 8.64. The first-order chi connectivity index (χ1) is 9.15. The molecule has 0 saturated carbocycles. The topological polar surface area (TPSA) is 21.3 Å². The molecule has 0 fully saturated rings. The van der Waals surface area contributed by atoms with Crippen LogP contribution in [0.1, 0.15) is 17.2 Å². The molecule has 100 valence electrons. The summed E-state index contributed by atoms with van der Waals surface area (Å²) in [6.45, 7) is 0. The molecule has 0 aliphatic carbocycles. The van der Waals surface area contributed by atoms with Crippen LogP contribution in [0.3, 0.4) is 0 Å². The average molecular weight is 388 g/mol. The van der Waals surface area contributed by atoms with Gasteiger partial charge in [-0.3, -0.25) is 0 Å². The zero-order valence-electron chi connectivity index (χ0n) is 10.8. The minimum Gasteiger partial charge on any atom is -0.497 e. The third kappa shape index (κ3) is 3.41. The smallest absolute Gasteiger partial charge is 0.120 e. The summed E-state index contributed by atoms with van der Waals surface area (Å²) in [6.07, 6.45) is 0. The normalized spacial score (nSPS) is 12.2. The molecular formula is C15H15ClINO. The van der Waals surface area contributed by atoms with Gasteiger partial charge in [0.1, 0.15) is 5.75 Å². The van der Waals surface area contributed by atoms with Crippen molar-refractivity contribution >= 4 is 34.2 Å². The second kappa shape index (κ2) is 6.59. The molecule has 1 unspecified atom stereocenters. The molecule has 0 aromatic heterocycles. The Hall–Kier alpha value is -0.780. The maximum Gasteiger partial charge on any atom is 0.120 e. The lowest BCUT2D eigenvalue weighted by Gasteiger charge is -2.19. The van der Waals surface area contributed by atoms with Gasteiger partial charge in [0.2, 0.25) is 0 Å². The van der Waals surface area contributed by atoms with E-state index in [4.69, 9.17) is 16.3 Å². The molecule has 0 radical (unpaired) electrons. The maximum atomic E-state index is 6.34. The van der Waals surface area contributed by atoms with Gasteiger partial charge in [-0.15, -0.1) is 0 Å². The van der Waals surface area contributed by atoms with E-state index in [2.05, 4.69) is 52.2 Å². The molecule has 0 amide bonds. The van der Waals surface area contributed by atoms with Crippen molar-refractivity contribution in [1.82, 2.24) is 5.32 Å². The standard InChI is InChI=1S/C15H15ClINO/c1-18-15(10-3-5-11(17)6-4-10)13-8-7-12(19-2)9-14(13)16/h3-9,15,18H,1-2H3. The Morgan fingerprint density at radius 1 is 1.16 bits per heavy atom. The van der Waals surface area contributed by atoms with Crippen LogP contribution in [0.4, 0.5) is 0 Å². The summed E-state index contributed by atoms with van der Waals surface area (Å²) in [6, 6.07) is 14.3. The third-order valence-corrected chi connectivity index (χ3v) is 4.06. The molecule has 2 aromatic rings. The first-order valence-electron chi connectivity index (χ1n) is 5.92. The van der Waals surface area contributed by atoms with Crippen LogP contribution in [-0.4, -0.2) is 14.2 Å². The molecular weight excluding hydrogens is 373 g/mol. The summed E-state index contributed by atoms with van der Waals surface area (Å²) in [4.78, 5) is 0. The van der Waals surface area contributed by atoms with Crippen molar-refractivity contribution < 1.29 is 4.74 Å². The molecule has 0 spiro atoms. The Bertz CT molecular complexity index is 557. The van der Waals surface area contributed by atoms with Crippen molar-refractivity contribution in [3.8, 4) is 5.75 Å². The van der Waals surface area contributed by atoms with Gasteiger partial charge in [0.05, 0.1) is 13.2 Å². The van der Waals surface area contributed by atoms with Crippen LogP contribution in [0, 0.1) is 3.57 Å². The van der Waals surface area contributed by atoms with Gasteiger partial charge < -0.3 is 10.1 Å². The number of nitrogens with one attached hydrogen (secondary N) is 1. The molecule has 0 saturated heterocycles. The van der Waals surface area contributed by atoms with Crippen molar-refractivity contribution in [2.45, 2.75) is 6.04 Å². The number of hydrogen-bond acceptors (Lipinski definition) is 2. The van der Waals surface area contributed by atoms with Gasteiger partial charge in [-0.1, -0.05) is 29.8 Å². The molecule has 0 aliphatic rings. The zero-order valence-corrected chi connectivity index (χ0v) is 13.7. The minimum atomic E-state index is 0.0791. The number of rotatable bonds is 4. The highest BCUT2D eigenvalue weighted by atomic mass is 127. The van der Waals surface area contributed by atoms with Crippen LogP contribution in [-0.2, 0) is 0 Å². The summed E-state index contributed by atoms with van der Waals surface area (Å²) in [5, 5.41) is 4.01. The van der Waals surface area contributed by atoms with Gasteiger partial charge in [0.25, 0.3) is 0 Å². The van der Waals surface area contributed by atoms with E-state index in [1.807, 2.05) is 25.2 Å². The summed E-state index contributed by atoms with van der Waals surface area (Å²) in [5.74, 6) is 0.770. The number of halogens is 2. The van der Waals surface area contributed by atoms with E-state index in [-0.39, 0.29) is 6.04 Å². The van der Waals surface area contributed by atoms with Crippen LogP contribution in [0.15, 0.2) is 42.5 Å². The fourth-order valence-corrected chi connectivity index (χ4v) is 2.67. The van der Waals surface area contributed by atoms with E-state index >= 15 is 0 Å². The van der Waals surface area contributed by atoms with Gasteiger partial charge in [0.15, 0.2) is 0 Å². The van der Waals surface area contributed by atoms with Crippen molar-refractivity contribution in [2.75, 3.05) is 14.2 Å². The van der Waals surface area contributed by atoms with E-state index < -0.39 is 0 Å². The van der Waals surface area contributed by atoms with Crippen LogP contribution >= 0.6 is 34.2 Å². The Labute approximate surface area is 132 Å². The van der Waals surface area contributed by atoms with Crippen molar-refractivity contribution in [1.29, 1.82) is 0 Å². The third-order valence-electron chi connectivity index (χ3n) is 3.01. The van der Waals surface area contributed by atoms with Crippen molar-refractivity contribution in [3.63, 3.8) is 0 Å². The van der Waals surface area contributed by atoms with Gasteiger partial charge >= 0.3 is 0 Å². The lowest BCUT2D eigenvalue weighted by molar-refractivity contribution is 0.414. The van der Waals surface area contributed by atoms with Gasteiger partial charge in [0, 0.05) is 8.59 Å². The molecule has 2 nitrogen and oxygen atoms in total. The molecule has 0 heterocycles. The second-order valence-corrected chi connectivity index (χ2v) is 5.81. The lowest BCUT2D eigenvalue weighted by Crippen LogP contribution is -2.18. The van der Waals surface area contributed by atoms with Crippen LogP contribution in [0.5, 0.6) is 5.75 Å². The minimum absolute atomic E-state index is 0.0791. The van der Waals surface area contributed by atoms with Crippen LogP contribution in [0.2, 0.25) is 5.02 Å². The fraction of sp³-hybridized carbons (Fsp3) is 0.200. The molecule has 1 N–H and O–H groups in total. The van der Waals surface area contributed by atoms with E-state index in [1.165, 1.54) is 9.13 Å². The average Bonchev–Trinajstić information content (AvgIpc) is 2.43. The SMILES string of the molecule is CNC(c1ccc(I)cc1)c1ccc(OC)cc1Cl. The van der Waals surface area contributed by atoms with Gasteiger partial charge in [-0.2, -0.15) is 0 Å². The maximum absolute atomic E-state index is 6.34. The molecule has 1 atom stereocenters. The molecule has 2 aromatic carbocycles. The molecule has 0 aliphatic heterocycles. The Morgan fingerprint density at radius 3 is 2.37 bits per heavy atom. The van der Waals surface area contributed by atoms with Gasteiger partial charge in [-0.25, -0.2) is 0 Å². The van der Waals surface area contributed by atoms with Gasteiger partial charge in [-0.05, 0) is 65.0 Å². The Morgan fingerprint density at radius 2 is 1.84 bits per heavy atom. The van der Waals surface area contributed by atoms with E-state index in [0.717, 1.165) is 11.3 Å². The predicted molar refractivity (Wildman–Crippen MR) is 88.1 cm³/mol. The first kappa shape index (κ1) is 14.6. The summed E-state index contributed by atoms with van der Waals surface area (Å²) in [7, 11) is 3.57. The molecule has 4 heteroatoms. The van der Waals surface area contributed by atoms with E-state index in [1.54, 1.807) is 7.11 Å². The second-order valence-electron chi connectivity index (χ2n) is 4.16. The first-order valence-corrected chi connectivity index (χ1v) is 7.37. The quantitative estimate of drug-likeness (QED) is 0.792. The highest BCUT2D eigenvalue weighted by Gasteiger charge is 2.15. The Balaban J connectivity index is 2.39. The summed E-state index contributed by atoms with van der Waals surface area (Å²) < 4.78 is 6.40. The van der Waals surface area contributed by atoms with Crippen molar-refractivity contribution in [3.05, 3.63) is 62.2 Å². The number of hydrogen-bond donors (Lipinski definition) is 1. The van der Waals surface area contributed by atoms with E-state index in [9.17, 15) is 0 Å². The molecule has 0 bridgehead atoms. The van der Waals surface area contributed by atoms with Crippen LogP contribution in [0.25, 0.3) is 0 Å². The number of methoxy groups -OCH3 is 1. The Kier molecular flexibility index (Phi) is 5.07. The van der Waals surface area contributed by atoms with Crippen molar-refractivity contribution in [2.24, 2.45) is 0 Å². The fourth-order valence-electron chi connectivity index (χ4n) is 2.03. The van der Waals surface area contributed by atoms with Crippen LogP contribution < -0.4 is 10.1 Å². The highest BCUT2D eigenvalue weighted by molar-refractivity contribution is 14.1.